The molecule has 6 aliphatic rings. The lowest BCUT2D eigenvalue weighted by atomic mass is 9.43. The number of ether oxygens (including phenoxy) is 2. The number of halogens is 2. The third kappa shape index (κ3) is 7.38. The molecule has 5 aliphatic carbocycles. The lowest BCUT2D eigenvalue weighted by molar-refractivity contribution is -0.104. The van der Waals surface area contributed by atoms with Crippen LogP contribution in [0.2, 0.25) is 0 Å². The first-order valence-corrected chi connectivity index (χ1v) is 15.9. The molecule has 7 heteroatoms. The second-order valence-electron chi connectivity index (χ2n) is 15.1. The largest absolute Gasteiger partial charge is 0.493 e. The number of hydrogen-bond donors (Lipinski definition) is 1. The van der Waals surface area contributed by atoms with Crippen molar-refractivity contribution in [2.45, 2.75) is 90.1 Å². The number of methoxy groups -OCH3 is 2. The van der Waals surface area contributed by atoms with Gasteiger partial charge in [-0.25, -0.2) is 0 Å². The second-order valence-corrected chi connectivity index (χ2v) is 15.1. The van der Waals surface area contributed by atoms with E-state index >= 15 is 0 Å². The van der Waals surface area contributed by atoms with Crippen LogP contribution < -0.4 is 15.2 Å². The van der Waals surface area contributed by atoms with Gasteiger partial charge in [0.05, 0.1) is 14.2 Å². The normalized spacial score (nSPS) is 32.6. The Balaban J connectivity index is 0.000000236. The Morgan fingerprint density at radius 3 is 2.05 bits per heavy atom. The van der Waals surface area contributed by atoms with Crippen LogP contribution in [0.15, 0.2) is 42.5 Å². The van der Waals surface area contributed by atoms with Crippen molar-refractivity contribution in [1.29, 1.82) is 0 Å². The summed E-state index contributed by atoms with van der Waals surface area (Å²) in [6.07, 6.45) is 12.5. The first kappa shape index (κ1) is 34.1. The topological polar surface area (TPSA) is 64.8 Å². The van der Waals surface area contributed by atoms with E-state index < -0.39 is 0 Å². The SMILES string of the molecule is COc1cc2c(cc1OC)C(=O)C(CC1CCN(Cc3ccccc3)CC1)C2.C[C@]12CC3CC(N)(C1)C[C@@](C)(C3)C2.Cl.Cl. The number of Topliss-reactive ketones (excluding diaryl/α,β-unsaturated/α-hetero) is 1. The van der Waals surface area contributed by atoms with Gasteiger partial charge in [0, 0.05) is 23.6 Å². The van der Waals surface area contributed by atoms with Crippen LogP contribution in [0, 0.1) is 28.6 Å². The first-order valence-electron chi connectivity index (χ1n) is 15.9. The zero-order chi connectivity index (χ0) is 28.8. The van der Waals surface area contributed by atoms with Crippen molar-refractivity contribution < 1.29 is 14.3 Å². The second kappa shape index (κ2) is 13.3. The van der Waals surface area contributed by atoms with Crippen molar-refractivity contribution in [1.82, 2.24) is 4.90 Å². The van der Waals surface area contributed by atoms with Gasteiger partial charge in [-0.15, -0.1) is 24.8 Å². The van der Waals surface area contributed by atoms with Crippen molar-refractivity contribution >= 4 is 30.6 Å². The minimum absolute atomic E-state index is 0. The Morgan fingerprint density at radius 1 is 0.884 bits per heavy atom. The molecule has 0 amide bonds. The van der Waals surface area contributed by atoms with E-state index in [0.29, 0.717) is 28.2 Å². The van der Waals surface area contributed by atoms with Crippen LogP contribution in [0.4, 0.5) is 0 Å². The monoisotopic (exact) mass is 630 g/mol. The Morgan fingerprint density at radius 2 is 1.49 bits per heavy atom. The maximum absolute atomic E-state index is 12.9. The van der Waals surface area contributed by atoms with Gasteiger partial charge in [0.2, 0.25) is 0 Å². The van der Waals surface area contributed by atoms with Crippen molar-refractivity contribution in [3.63, 3.8) is 0 Å². The van der Waals surface area contributed by atoms with Gasteiger partial charge >= 0.3 is 0 Å². The third-order valence-electron chi connectivity index (χ3n) is 11.0. The summed E-state index contributed by atoms with van der Waals surface area (Å²) >= 11 is 0. The van der Waals surface area contributed by atoms with Gasteiger partial charge in [0.15, 0.2) is 17.3 Å². The van der Waals surface area contributed by atoms with E-state index in [4.69, 9.17) is 15.2 Å². The molecule has 2 aromatic carbocycles. The summed E-state index contributed by atoms with van der Waals surface area (Å²) in [4.78, 5) is 15.5. The summed E-state index contributed by atoms with van der Waals surface area (Å²) in [5.74, 6) is 3.34. The van der Waals surface area contributed by atoms with Crippen LogP contribution in [0.25, 0.3) is 0 Å². The van der Waals surface area contributed by atoms with E-state index in [9.17, 15) is 4.79 Å². The summed E-state index contributed by atoms with van der Waals surface area (Å²) in [6.45, 7) is 8.21. The Labute approximate surface area is 271 Å². The van der Waals surface area contributed by atoms with Crippen molar-refractivity contribution in [3.05, 3.63) is 59.2 Å². The van der Waals surface area contributed by atoms with Crippen LogP contribution >= 0.6 is 24.8 Å². The molecule has 4 saturated carbocycles. The highest BCUT2D eigenvalue weighted by molar-refractivity contribution is 6.02. The molecule has 0 aromatic heterocycles. The van der Waals surface area contributed by atoms with Gasteiger partial charge in [-0.1, -0.05) is 44.2 Å². The number of fused-ring (bicyclic) bond motifs is 1. The number of nitrogens with zero attached hydrogens (tertiary/aromatic N) is 1. The van der Waals surface area contributed by atoms with Crippen molar-refractivity contribution in [2.75, 3.05) is 27.3 Å². The lowest BCUT2D eigenvalue weighted by Gasteiger charge is -2.64. The highest BCUT2D eigenvalue weighted by Crippen LogP contribution is 2.65. The summed E-state index contributed by atoms with van der Waals surface area (Å²) in [5.41, 5.74) is 11.2. The minimum atomic E-state index is 0. The number of ketones is 1. The predicted octanol–water partition coefficient (Wildman–Crippen LogP) is 7.90. The summed E-state index contributed by atoms with van der Waals surface area (Å²) in [7, 11) is 3.26. The zero-order valence-corrected chi connectivity index (χ0v) is 28.2. The molecule has 1 saturated heterocycles. The first-order chi connectivity index (χ1) is 19.6. The van der Waals surface area contributed by atoms with Gasteiger partial charge in [0.25, 0.3) is 0 Å². The molecule has 1 heterocycles. The summed E-state index contributed by atoms with van der Waals surface area (Å²) in [6, 6.07) is 14.5. The van der Waals surface area contributed by atoms with Crippen LogP contribution in [-0.2, 0) is 13.0 Å². The highest BCUT2D eigenvalue weighted by Gasteiger charge is 2.58. The van der Waals surface area contributed by atoms with Gasteiger partial charge in [-0.2, -0.15) is 0 Å². The number of benzene rings is 2. The Hall–Kier alpha value is -1.79. The molecule has 238 valence electrons. The van der Waals surface area contributed by atoms with E-state index in [0.717, 1.165) is 49.5 Å². The smallest absolute Gasteiger partial charge is 0.166 e. The standard InChI is InChI=1S/C24H29NO3.C12H21N.2ClH/c1-27-22-14-19-13-20(24(26)21(19)15-23(22)28-2)12-17-8-10-25(11-9-17)16-18-6-4-3-5-7-18;1-10-3-9-4-11(2,6-10)8-12(13,5-9)7-10;;/h3-7,14-15,17,20H,8-13,16H2,1-2H3;9H,3-8,13H2,1-2H3;2*1H/t;9?,10-,11+,12?;;. The fraction of sp³-hybridized carbons (Fsp3) is 0.639. The molecule has 1 aliphatic heterocycles. The van der Waals surface area contributed by atoms with Crippen LogP contribution in [0.5, 0.6) is 11.5 Å². The molecule has 5 fully saturated rings. The number of rotatable bonds is 6. The number of carbonyl (C=O) groups excluding carboxylic acids is 1. The number of likely N-dealkylation sites (tertiary alicyclic amines) is 1. The number of piperidine rings is 1. The number of carbonyl (C=O) groups is 1. The van der Waals surface area contributed by atoms with Crippen molar-refractivity contribution in [2.24, 2.45) is 34.3 Å². The van der Waals surface area contributed by atoms with E-state index in [1.165, 1.54) is 56.9 Å². The molecule has 4 bridgehead atoms. The van der Waals surface area contributed by atoms with E-state index in [2.05, 4.69) is 49.1 Å². The Bertz CT molecular complexity index is 1210. The average molecular weight is 632 g/mol. The minimum Gasteiger partial charge on any atom is -0.493 e. The number of nitrogens with two attached hydrogens (primary N) is 1. The fourth-order valence-corrected chi connectivity index (χ4v) is 10.2. The molecule has 5 atom stereocenters. The quantitative estimate of drug-likeness (QED) is 0.351. The molecule has 8 rings (SSSR count). The van der Waals surface area contributed by atoms with Crippen molar-refractivity contribution in [3.8, 4) is 11.5 Å². The van der Waals surface area contributed by atoms with Crippen LogP contribution in [0.3, 0.4) is 0 Å². The fourth-order valence-electron chi connectivity index (χ4n) is 10.2. The summed E-state index contributed by atoms with van der Waals surface area (Å²) < 4.78 is 10.8. The predicted molar refractivity (Wildman–Crippen MR) is 179 cm³/mol. The highest BCUT2D eigenvalue weighted by atomic mass is 35.5. The van der Waals surface area contributed by atoms with Gasteiger partial charge in [-0.3, -0.25) is 9.69 Å². The van der Waals surface area contributed by atoms with E-state index in [1.54, 1.807) is 14.2 Å². The Kier molecular flexibility index (Phi) is 10.5. The van der Waals surface area contributed by atoms with Gasteiger partial charge in [0.1, 0.15) is 0 Å². The van der Waals surface area contributed by atoms with Gasteiger partial charge in [-0.05, 0) is 123 Å². The zero-order valence-electron chi connectivity index (χ0n) is 26.5. The van der Waals surface area contributed by atoms with E-state index in [1.807, 2.05) is 12.1 Å². The maximum atomic E-state index is 12.9. The van der Waals surface area contributed by atoms with Crippen LogP contribution in [0.1, 0.15) is 93.1 Å². The molecule has 2 N–H and O–H groups in total. The van der Waals surface area contributed by atoms with Crippen LogP contribution in [-0.4, -0.2) is 43.5 Å². The molecule has 2 aromatic rings. The maximum Gasteiger partial charge on any atom is 0.166 e. The molecule has 3 unspecified atom stereocenters. The van der Waals surface area contributed by atoms with Gasteiger partial charge < -0.3 is 15.2 Å². The molecule has 0 radical (unpaired) electrons. The van der Waals surface area contributed by atoms with E-state index in [-0.39, 0.29) is 42.1 Å². The molecule has 43 heavy (non-hydrogen) atoms. The molecular weight excluding hydrogens is 579 g/mol. The third-order valence-corrected chi connectivity index (χ3v) is 11.0. The summed E-state index contributed by atoms with van der Waals surface area (Å²) in [5, 5.41) is 0. The molecule has 0 spiro atoms. The lowest BCUT2D eigenvalue weighted by Crippen LogP contribution is -2.62. The average Bonchev–Trinajstić information content (AvgIpc) is 3.21. The molecule has 5 nitrogen and oxygen atoms in total. The number of hydrogen-bond acceptors (Lipinski definition) is 5. The molecular formula is C36H52Cl2N2O3.